The van der Waals surface area contributed by atoms with Crippen molar-refractivity contribution in [3.8, 4) is 11.3 Å². The number of carboxylic acids is 1. The van der Waals surface area contributed by atoms with Crippen LogP contribution in [0.2, 0.25) is 0 Å². The van der Waals surface area contributed by atoms with Crippen LogP contribution in [0.5, 0.6) is 0 Å². The molecule has 0 unspecified atom stereocenters. The highest BCUT2D eigenvalue weighted by Crippen LogP contribution is 2.29. The predicted molar refractivity (Wildman–Crippen MR) is 120 cm³/mol. The van der Waals surface area contributed by atoms with E-state index >= 15 is 0 Å². The Balaban J connectivity index is 1.90. The molecule has 170 valence electrons. The van der Waals surface area contributed by atoms with Crippen LogP contribution in [0.1, 0.15) is 60.7 Å². The van der Waals surface area contributed by atoms with Gasteiger partial charge in [0.15, 0.2) is 0 Å². The molecule has 0 aliphatic carbocycles. The quantitative estimate of drug-likeness (QED) is 0.446. The van der Waals surface area contributed by atoms with Gasteiger partial charge in [0, 0.05) is 38.8 Å². The average Bonchev–Trinajstić information content (AvgIpc) is 3.21. The number of carbonyl (C=O) groups is 1. The number of methoxy groups -OCH3 is 2. The summed E-state index contributed by atoms with van der Waals surface area (Å²) in [6, 6.07) is 10.9. The molecule has 0 bridgehead atoms. The highest BCUT2D eigenvalue weighted by molar-refractivity contribution is 5.94. The van der Waals surface area contributed by atoms with Gasteiger partial charge in [-0.05, 0) is 24.1 Å². The maximum atomic E-state index is 11.5. The first kappa shape index (κ1) is 23.6. The van der Waals surface area contributed by atoms with E-state index in [1.807, 2.05) is 28.9 Å². The fraction of sp³-hybridized carbons (Fsp3) is 0.417. The standard InChI is InChI=1S/C24H30N4O4/c1-5-8-20-26-23(24(31-3,32-4)14-6-2)27-28(20)16-17-10-12-18(13-11-17)21-19(22(29)30)9-7-15-25-21/h7,9-13,15H,5-6,8,14,16H2,1-4H3,(H,29,30). The third-order valence-corrected chi connectivity index (χ3v) is 5.40. The summed E-state index contributed by atoms with van der Waals surface area (Å²) in [6.07, 6.45) is 4.84. The Kier molecular flexibility index (Phi) is 7.71. The summed E-state index contributed by atoms with van der Waals surface area (Å²) in [4.78, 5) is 20.5. The van der Waals surface area contributed by atoms with E-state index in [1.165, 1.54) is 0 Å². The molecular weight excluding hydrogens is 408 g/mol. The van der Waals surface area contributed by atoms with Gasteiger partial charge in [-0.3, -0.25) is 4.98 Å². The van der Waals surface area contributed by atoms with Crippen LogP contribution in [-0.2, 0) is 28.2 Å². The van der Waals surface area contributed by atoms with E-state index in [4.69, 9.17) is 19.6 Å². The van der Waals surface area contributed by atoms with Gasteiger partial charge in [0.25, 0.3) is 0 Å². The molecule has 0 radical (unpaired) electrons. The Bertz CT molecular complexity index is 1040. The largest absolute Gasteiger partial charge is 0.478 e. The fourth-order valence-corrected chi connectivity index (χ4v) is 3.73. The van der Waals surface area contributed by atoms with Crippen molar-refractivity contribution < 1.29 is 19.4 Å². The van der Waals surface area contributed by atoms with Crippen molar-refractivity contribution >= 4 is 5.97 Å². The van der Waals surface area contributed by atoms with E-state index in [1.54, 1.807) is 32.5 Å². The number of ether oxygens (including phenoxy) is 2. The summed E-state index contributed by atoms with van der Waals surface area (Å²) in [5.41, 5.74) is 2.40. The highest BCUT2D eigenvalue weighted by Gasteiger charge is 2.36. The normalized spacial score (nSPS) is 11.6. The monoisotopic (exact) mass is 438 g/mol. The molecule has 1 N–H and O–H groups in total. The number of hydrogen-bond acceptors (Lipinski definition) is 6. The molecule has 3 aromatic rings. The van der Waals surface area contributed by atoms with Crippen molar-refractivity contribution in [1.29, 1.82) is 0 Å². The lowest BCUT2D eigenvalue weighted by Crippen LogP contribution is -2.32. The molecule has 0 atom stereocenters. The first-order valence-corrected chi connectivity index (χ1v) is 10.8. The van der Waals surface area contributed by atoms with E-state index in [9.17, 15) is 9.90 Å². The van der Waals surface area contributed by atoms with Crippen LogP contribution >= 0.6 is 0 Å². The third kappa shape index (κ3) is 4.87. The van der Waals surface area contributed by atoms with Gasteiger partial charge in [-0.25, -0.2) is 14.5 Å². The van der Waals surface area contributed by atoms with E-state index in [0.29, 0.717) is 24.5 Å². The SMILES string of the molecule is CCCc1nc(C(CCC)(OC)OC)nn1Cc1ccc(-c2ncccc2C(=O)O)cc1. The molecule has 0 spiro atoms. The predicted octanol–water partition coefficient (Wildman–Crippen LogP) is 4.28. The number of rotatable bonds is 11. The van der Waals surface area contributed by atoms with Crippen molar-refractivity contribution in [2.75, 3.05) is 14.2 Å². The summed E-state index contributed by atoms with van der Waals surface area (Å²) in [5.74, 6) is -0.551. The molecule has 0 aliphatic heterocycles. The number of aromatic carboxylic acids is 1. The van der Waals surface area contributed by atoms with Crippen molar-refractivity contribution in [1.82, 2.24) is 19.7 Å². The van der Waals surface area contributed by atoms with E-state index in [0.717, 1.165) is 36.2 Å². The zero-order valence-corrected chi connectivity index (χ0v) is 19.0. The van der Waals surface area contributed by atoms with Crippen molar-refractivity contribution in [2.45, 2.75) is 51.9 Å². The molecule has 0 fully saturated rings. The molecule has 8 heteroatoms. The van der Waals surface area contributed by atoms with Crippen LogP contribution in [0.3, 0.4) is 0 Å². The maximum Gasteiger partial charge on any atom is 0.337 e. The number of aryl methyl sites for hydroxylation is 1. The molecule has 2 aromatic heterocycles. The number of carboxylic acid groups (broad SMARTS) is 1. The molecule has 0 aliphatic rings. The number of pyridine rings is 1. The molecule has 8 nitrogen and oxygen atoms in total. The van der Waals surface area contributed by atoms with Gasteiger partial charge in [0.05, 0.1) is 17.8 Å². The summed E-state index contributed by atoms with van der Waals surface area (Å²) in [5, 5.41) is 14.2. The second kappa shape index (κ2) is 10.5. The Morgan fingerprint density at radius 2 is 1.81 bits per heavy atom. The zero-order chi connectivity index (χ0) is 23.1. The minimum absolute atomic E-state index is 0.179. The highest BCUT2D eigenvalue weighted by atomic mass is 16.7. The third-order valence-electron chi connectivity index (χ3n) is 5.40. The van der Waals surface area contributed by atoms with Gasteiger partial charge in [-0.15, -0.1) is 5.10 Å². The zero-order valence-electron chi connectivity index (χ0n) is 19.0. The van der Waals surface area contributed by atoms with Gasteiger partial charge in [0.2, 0.25) is 11.6 Å². The summed E-state index contributed by atoms with van der Waals surface area (Å²) in [7, 11) is 3.22. The molecule has 0 saturated carbocycles. The molecule has 0 amide bonds. The number of hydrogen-bond donors (Lipinski definition) is 1. The summed E-state index contributed by atoms with van der Waals surface area (Å²) >= 11 is 0. The van der Waals surface area contributed by atoms with Gasteiger partial charge < -0.3 is 14.6 Å². The lowest BCUT2D eigenvalue weighted by molar-refractivity contribution is -0.225. The van der Waals surface area contributed by atoms with Crippen LogP contribution in [0, 0.1) is 0 Å². The first-order chi connectivity index (χ1) is 15.5. The molecule has 2 heterocycles. The van der Waals surface area contributed by atoms with Gasteiger partial charge in [-0.2, -0.15) is 0 Å². The number of aromatic nitrogens is 4. The van der Waals surface area contributed by atoms with Crippen molar-refractivity contribution in [3.63, 3.8) is 0 Å². The Morgan fingerprint density at radius 3 is 2.41 bits per heavy atom. The lowest BCUT2D eigenvalue weighted by Gasteiger charge is -2.27. The topological polar surface area (TPSA) is 99.4 Å². The van der Waals surface area contributed by atoms with Gasteiger partial charge >= 0.3 is 5.97 Å². The maximum absolute atomic E-state index is 11.5. The molecular formula is C24H30N4O4. The fourth-order valence-electron chi connectivity index (χ4n) is 3.73. The number of nitrogens with zero attached hydrogens (tertiary/aromatic N) is 4. The first-order valence-electron chi connectivity index (χ1n) is 10.8. The van der Waals surface area contributed by atoms with Gasteiger partial charge in [0.1, 0.15) is 5.82 Å². The van der Waals surface area contributed by atoms with Crippen molar-refractivity contribution in [3.05, 3.63) is 65.4 Å². The Morgan fingerprint density at radius 1 is 1.09 bits per heavy atom. The lowest BCUT2D eigenvalue weighted by atomic mass is 10.0. The Hall–Kier alpha value is -3.10. The molecule has 3 rings (SSSR count). The number of benzene rings is 1. The summed E-state index contributed by atoms with van der Waals surface area (Å²) in [6.45, 7) is 4.70. The molecule has 0 saturated heterocycles. The van der Waals surface area contributed by atoms with Gasteiger partial charge in [-0.1, -0.05) is 44.5 Å². The minimum atomic E-state index is -0.997. The van der Waals surface area contributed by atoms with Crippen LogP contribution in [0.4, 0.5) is 0 Å². The van der Waals surface area contributed by atoms with E-state index in [2.05, 4.69) is 18.8 Å². The second-order valence-corrected chi connectivity index (χ2v) is 7.57. The van der Waals surface area contributed by atoms with Crippen LogP contribution in [-0.4, -0.2) is 45.0 Å². The Labute approximate surface area is 188 Å². The van der Waals surface area contributed by atoms with Crippen LogP contribution in [0.15, 0.2) is 42.6 Å². The molecule has 1 aromatic carbocycles. The average molecular weight is 439 g/mol. The van der Waals surface area contributed by atoms with E-state index < -0.39 is 11.8 Å². The molecule has 32 heavy (non-hydrogen) atoms. The van der Waals surface area contributed by atoms with Crippen LogP contribution < -0.4 is 0 Å². The van der Waals surface area contributed by atoms with Crippen LogP contribution in [0.25, 0.3) is 11.3 Å². The van der Waals surface area contributed by atoms with E-state index in [-0.39, 0.29) is 5.56 Å². The van der Waals surface area contributed by atoms with Crippen molar-refractivity contribution in [2.24, 2.45) is 0 Å². The smallest absolute Gasteiger partial charge is 0.337 e. The minimum Gasteiger partial charge on any atom is -0.478 e. The summed E-state index contributed by atoms with van der Waals surface area (Å²) < 4.78 is 13.3. The second-order valence-electron chi connectivity index (χ2n) is 7.57.